The van der Waals surface area contributed by atoms with Gasteiger partial charge in [-0.25, -0.2) is 0 Å². The number of methoxy groups -OCH3 is 1. The third-order valence-electron chi connectivity index (χ3n) is 3.78. The molecule has 6 heteroatoms. The van der Waals surface area contributed by atoms with Crippen LogP contribution in [-0.4, -0.2) is 24.7 Å². The van der Waals surface area contributed by atoms with Gasteiger partial charge in [-0.1, -0.05) is 42.5 Å². The third-order valence-corrected chi connectivity index (χ3v) is 3.78. The molecular formula is C18H23ClN2O3. The van der Waals surface area contributed by atoms with Crippen molar-refractivity contribution in [3.8, 4) is 5.75 Å². The first-order valence-corrected chi connectivity index (χ1v) is 7.40. The maximum absolute atomic E-state index is 12.4. The fourth-order valence-electron chi connectivity index (χ4n) is 2.26. The van der Waals surface area contributed by atoms with Gasteiger partial charge in [0.05, 0.1) is 13.2 Å². The van der Waals surface area contributed by atoms with E-state index in [9.17, 15) is 9.90 Å². The molecule has 1 amide bonds. The molecule has 2 rings (SSSR count). The van der Waals surface area contributed by atoms with E-state index in [4.69, 9.17) is 10.5 Å². The molecule has 0 bridgehead atoms. The topological polar surface area (TPSA) is 84.6 Å². The Morgan fingerprint density at radius 3 is 2.54 bits per heavy atom. The second-order valence-electron chi connectivity index (χ2n) is 5.57. The van der Waals surface area contributed by atoms with E-state index in [1.165, 1.54) is 0 Å². The van der Waals surface area contributed by atoms with Crippen molar-refractivity contribution in [2.45, 2.75) is 18.6 Å². The molecule has 0 fully saturated rings. The van der Waals surface area contributed by atoms with Gasteiger partial charge in [0.1, 0.15) is 11.3 Å². The summed E-state index contributed by atoms with van der Waals surface area (Å²) in [6.07, 6.45) is -0.833. The molecule has 0 aliphatic rings. The van der Waals surface area contributed by atoms with Crippen LogP contribution in [0.4, 0.5) is 0 Å². The summed E-state index contributed by atoms with van der Waals surface area (Å²) in [5.41, 5.74) is 6.37. The van der Waals surface area contributed by atoms with Crippen molar-refractivity contribution in [3.63, 3.8) is 0 Å². The van der Waals surface area contributed by atoms with E-state index < -0.39 is 11.6 Å². The van der Waals surface area contributed by atoms with Gasteiger partial charge in [0.25, 0.3) is 0 Å². The summed E-state index contributed by atoms with van der Waals surface area (Å²) < 4.78 is 5.12. The molecule has 4 N–H and O–H groups in total. The Kier molecular flexibility index (Phi) is 7.22. The number of carbonyl (C=O) groups is 1. The molecule has 0 aliphatic heterocycles. The summed E-state index contributed by atoms with van der Waals surface area (Å²) in [5.74, 6) is 0.312. The molecule has 0 aromatic heterocycles. The van der Waals surface area contributed by atoms with E-state index in [-0.39, 0.29) is 24.9 Å². The van der Waals surface area contributed by atoms with Crippen LogP contribution in [0.2, 0.25) is 0 Å². The van der Waals surface area contributed by atoms with Crippen molar-refractivity contribution in [2.75, 3.05) is 13.7 Å². The number of hydrogen-bond acceptors (Lipinski definition) is 4. The zero-order valence-electron chi connectivity index (χ0n) is 13.7. The van der Waals surface area contributed by atoms with E-state index in [0.29, 0.717) is 16.9 Å². The molecular weight excluding hydrogens is 328 g/mol. The van der Waals surface area contributed by atoms with Crippen molar-refractivity contribution in [1.82, 2.24) is 5.32 Å². The van der Waals surface area contributed by atoms with Crippen LogP contribution < -0.4 is 15.8 Å². The van der Waals surface area contributed by atoms with Crippen LogP contribution in [-0.2, 0) is 10.3 Å². The standard InChI is InChI=1S/C18H22N2O3.ClH/c1-18(19,14-8-4-3-5-9-14)17(22)20-12-16(21)13-7-6-10-15(11-13)23-2;/h3-11,16,21H,12,19H2,1-2H3,(H,20,22);1H. The predicted molar refractivity (Wildman–Crippen MR) is 96.2 cm³/mol. The number of rotatable bonds is 6. The number of ether oxygens (including phenoxy) is 1. The average molecular weight is 351 g/mol. The highest BCUT2D eigenvalue weighted by molar-refractivity contribution is 5.87. The summed E-state index contributed by atoms with van der Waals surface area (Å²) in [7, 11) is 1.56. The Balaban J connectivity index is 0.00000288. The average Bonchev–Trinajstić information content (AvgIpc) is 2.60. The maximum atomic E-state index is 12.4. The second kappa shape index (κ2) is 8.68. The Bertz CT molecular complexity index is 662. The highest BCUT2D eigenvalue weighted by Crippen LogP contribution is 2.20. The van der Waals surface area contributed by atoms with Gasteiger partial charge in [-0.2, -0.15) is 0 Å². The molecule has 130 valence electrons. The van der Waals surface area contributed by atoms with Crippen LogP contribution in [0.25, 0.3) is 0 Å². The molecule has 2 aromatic rings. The molecule has 2 aromatic carbocycles. The lowest BCUT2D eigenvalue weighted by Crippen LogP contribution is -2.49. The van der Waals surface area contributed by atoms with Gasteiger partial charge in [-0.05, 0) is 30.2 Å². The molecule has 0 spiro atoms. The highest BCUT2D eigenvalue weighted by atomic mass is 35.5. The van der Waals surface area contributed by atoms with Crippen LogP contribution in [0.15, 0.2) is 54.6 Å². The summed E-state index contributed by atoms with van der Waals surface area (Å²) in [5, 5.41) is 12.9. The lowest BCUT2D eigenvalue weighted by atomic mass is 9.92. The monoisotopic (exact) mass is 350 g/mol. The maximum Gasteiger partial charge on any atom is 0.244 e. The third kappa shape index (κ3) is 4.71. The molecule has 0 heterocycles. The zero-order chi connectivity index (χ0) is 16.9. The van der Waals surface area contributed by atoms with Crippen LogP contribution >= 0.6 is 12.4 Å². The van der Waals surface area contributed by atoms with Crippen molar-refractivity contribution in [3.05, 3.63) is 65.7 Å². The lowest BCUT2D eigenvalue weighted by molar-refractivity contribution is -0.126. The van der Waals surface area contributed by atoms with Crippen molar-refractivity contribution in [1.29, 1.82) is 0 Å². The predicted octanol–water partition coefficient (Wildman–Crippen LogP) is 2.14. The fraction of sp³-hybridized carbons (Fsp3) is 0.278. The van der Waals surface area contributed by atoms with Crippen LogP contribution in [0, 0.1) is 0 Å². The lowest BCUT2D eigenvalue weighted by Gasteiger charge is -2.25. The Hall–Kier alpha value is -2.08. The zero-order valence-corrected chi connectivity index (χ0v) is 14.5. The van der Waals surface area contributed by atoms with Crippen LogP contribution in [0.1, 0.15) is 24.2 Å². The van der Waals surface area contributed by atoms with E-state index in [1.807, 2.05) is 18.2 Å². The van der Waals surface area contributed by atoms with Gasteiger partial charge in [0.15, 0.2) is 0 Å². The fourth-order valence-corrected chi connectivity index (χ4v) is 2.26. The number of hydrogen-bond donors (Lipinski definition) is 3. The van der Waals surface area contributed by atoms with Crippen molar-refractivity contribution in [2.24, 2.45) is 5.73 Å². The molecule has 24 heavy (non-hydrogen) atoms. The number of halogens is 1. The molecule has 0 saturated carbocycles. The van der Waals surface area contributed by atoms with Crippen LogP contribution in [0.3, 0.4) is 0 Å². The van der Waals surface area contributed by atoms with Gasteiger partial charge in [0.2, 0.25) is 5.91 Å². The second-order valence-corrected chi connectivity index (χ2v) is 5.57. The smallest absolute Gasteiger partial charge is 0.244 e. The van der Waals surface area contributed by atoms with Crippen LogP contribution in [0.5, 0.6) is 5.75 Å². The highest BCUT2D eigenvalue weighted by Gasteiger charge is 2.30. The molecule has 0 saturated heterocycles. The van der Waals surface area contributed by atoms with E-state index in [1.54, 1.807) is 50.4 Å². The molecule has 2 unspecified atom stereocenters. The molecule has 0 radical (unpaired) electrons. The van der Waals surface area contributed by atoms with Gasteiger partial charge in [-0.15, -0.1) is 12.4 Å². The summed E-state index contributed by atoms with van der Waals surface area (Å²) in [6.45, 7) is 1.72. The number of carbonyl (C=O) groups excluding carboxylic acids is 1. The summed E-state index contributed by atoms with van der Waals surface area (Å²) in [4.78, 5) is 12.4. The Labute approximate surface area is 148 Å². The first kappa shape index (κ1) is 20.0. The normalized spacial score (nSPS) is 14.0. The summed E-state index contributed by atoms with van der Waals surface area (Å²) in [6, 6.07) is 16.2. The first-order chi connectivity index (χ1) is 10.9. The van der Waals surface area contributed by atoms with Crippen molar-refractivity contribution >= 4 is 18.3 Å². The van der Waals surface area contributed by atoms with Gasteiger partial charge in [-0.3, -0.25) is 4.79 Å². The largest absolute Gasteiger partial charge is 0.497 e. The van der Waals surface area contributed by atoms with Gasteiger partial charge in [0, 0.05) is 6.54 Å². The number of amides is 1. The molecule has 5 nitrogen and oxygen atoms in total. The van der Waals surface area contributed by atoms with E-state index in [0.717, 1.165) is 0 Å². The van der Waals surface area contributed by atoms with Crippen molar-refractivity contribution < 1.29 is 14.6 Å². The number of nitrogens with one attached hydrogen (secondary N) is 1. The molecule has 2 atom stereocenters. The number of aliphatic hydroxyl groups is 1. The summed E-state index contributed by atoms with van der Waals surface area (Å²) >= 11 is 0. The van der Waals surface area contributed by atoms with E-state index >= 15 is 0 Å². The van der Waals surface area contributed by atoms with E-state index in [2.05, 4.69) is 5.32 Å². The Morgan fingerprint density at radius 1 is 1.25 bits per heavy atom. The van der Waals surface area contributed by atoms with Gasteiger partial charge >= 0.3 is 0 Å². The minimum absolute atomic E-state index is 0. The number of nitrogens with two attached hydrogens (primary N) is 1. The first-order valence-electron chi connectivity index (χ1n) is 7.40. The quantitative estimate of drug-likeness (QED) is 0.745. The number of benzene rings is 2. The minimum Gasteiger partial charge on any atom is -0.497 e. The van der Waals surface area contributed by atoms with Gasteiger partial charge < -0.3 is 20.9 Å². The number of aliphatic hydroxyl groups excluding tert-OH is 1. The Morgan fingerprint density at radius 2 is 1.92 bits per heavy atom. The molecule has 0 aliphatic carbocycles. The minimum atomic E-state index is -1.16. The SMILES string of the molecule is COc1cccc(C(O)CNC(=O)C(C)(N)c2ccccc2)c1.Cl.